The first-order valence-electron chi connectivity index (χ1n) is 11.8. The van der Waals surface area contributed by atoms with Gasteiger partial charge in [-0.2, -0.15) is 0 Å². The van der Waals surface area contributed by atoms with E-state index < -0.39 is 23.5 Å². The molecule has 0 saturated carbocycles. The second-order valence-electron chi connectivity index (χ2n) is 9.88. The van der Waals surface area contributed by atoms with Crippen LogP contribution in [-0.2, 0) is 9.59 Å². The normalized spacial score (nSPS) is 15.4. The molecule has 0 unspecified atom stereocenters. The number of nitrogens with zero attached hydrogens (tertiary/aromatic N) is 4. The van der Waals surface area contributed by atoms with Crippen molar-refractivity contribution in [2.75, 3.05) is 35.8 Å². The van der Waals surface area contributed by atoms with Crippen LogP contribution >= 0.6 is 11.3 Å². The molecule has 3 aromatic rings. The fourth-order valence-corrected chi connectivity index (χ4v) is 4.38. The van der Waals surface area contributed by atoms with Crippen LogP contribution in [0.3, 0.4) is 0 Å². The highest BCUT2D eigenvalue weighted by Gasteiger charge is 2.36. The highest BCUT2D eigenvalue weighted by Crippen LogP contribution is 2.30. The van der Waals surface area contributed by atoms with Crippen molar-refractivity contribution >= 4 is 51.8 Å². The third kappa shape index (κ3) is 5.86. The van der Waals surface area contributed by atoms with Gasteiger partial charge in [-0.15, -0.1) is 11.3 Å². The fraction of sp³-hybridized carbons (Fsp3) is 0.296. The van der Waals surface area contributed by atoms with E-state index in [1.807, 2.05) is 75.5 Å². The minimum atomic E-state index is -1.27. The number of hydrogen-bond acceptors (Lipinski definition) is 7. The van der Waals surface area contributed by atoms with Crippen LogP contribution in [0.25, 0.3) is 0 Å². The minimum Gasteiger partial charge on any atom is -0.378 e. The number of carbonyl (C=O) groups excluding carboxylic acids is 3. The standard InChI is InChI=1S/C27H30N6O3S/c1-27(2,3)21(34)16-33-20-12-7-6-11-19(20)22(24-28-13-14-37-24)30-23(25(33)35)31-26(36)29-17-9-8-10-18(15-17)32(4)5/h6-15,23H,16H2,1-5H3,(H2,29,31,36)/t23-/m0/s1. The van der Waals surface area contributed by atoms with Crippen LogP contribution in [0.2, 0.25) is 0 Å². The Morgan fingerprint density at radius 1 is 1.11 bits per heavy atom. The Kier molecular flexibility index (Phi) is 7.40. The predicted molar refractivity (Wildman–Crippen MR) is 148 cm³/mol. The lowest BCUT2D eigenvalue weighted by molar-refractivity contribution is -0.127. The van der Waals surface area contributed by atoms with Crippen molar-refractivity contribution in [2.45, 2.75) is 26.9 Å². The number of aromatic nitrogens is 1. The number of aliphatic imine (C=N–C) groups is 1. The number of carbonyl (C=O) groups is 3. The molecule has 0 saturated heterocycles. The molecule has 10 heteroatoms. The second kappa shape index (κ2) is 10.5. The number of ketones is 1. The third-order valence-electron chi connectivity index (χ3n) is 5.87. The molecule has 1 aromatic heterocycles. The number of benzene rings is 2. The molecule has 1 aliphatic heterocycles. The fourth-order valence-electron chi connectivity index (χ4n) is 3.73. The summed E-state index contributed by atoms with van der Waals surface area (Å²) >= 11 is 1.38. The smallest absolute Gasteiger partial charge is 0.321 e. The second-order valence-corrected chi connectivity index (χ2v) is 10.8. The third-order valence-corrected chi connectivity index (χ3v) is 6.65. The van der Waals surface area contributed by atoms with E-state index in [1.165, 1.54) is 16.2 Å². The van der Waals surface area contributed by atoms with E-state index in [0.717, 1.165) is 5.69 Å². The number of Topliss-reactive ketones (excluding diaryl/α,β-unsaturated/α-hetero) is 1. The van der Waals surface area contributed by atoms with Crippen molar-refractivity contribution in [3.8, 4) is 0 Å². The molecule has 9 nitrogen and oxygen atoms in total. The van der Waals surface area contributed by atoms with E-state index in [0.29, 0.717) is 27.7 Å². The van der Waals surface area contributed by atoms with Crippen LogP contribution in [0.1, 0.15) is 31.3 Å². The number of hydrogen-bond donors (Lipinski definition) is 2. The molecule has 2 aromatic carbocycles. The average molecular weight is 519 g/mol. The van der Waals surface area contributed by atoms with Gasteiger partial charge in [0.25, 0.3) is 5.91 Å². The van der Waals surface area contributed by atoms with Crippen LogP contribution in [0.4, 0.5) is 21.9 Å². The summed E-state index contributed by atoms with van der Waals surface area (Å²) in [7, 11) is 3.81. The Morgan fingerprint density at radius 3 is 2.54 bits per heavy atom. The van der Waals surface area contributed by atoms with Gasteiger partial charge in [0.05, 0.1) is 12.2 Å². The van der Waals surface area contributed by atoms with E-state index in [1.54, 1.807) is 24.4 Å². The molecule has 0 fully saturated rings. The summed E-state index contributed by atoms with van der Waals surface area (Å²) < 4.78 is 0. The molecule has 0 spiro atoms. The van der Waals surface area contributed by atoms with Gasteiger partial charge in [-0.3, -0.25) is 9.59 Å². The van der Waals surface area contributed by atoms with Crippen LogP contribution in [-0.4, -0.2) is 55.2 Å². The number of urea groups is 1. The molecular formula is C27H30N6O3S. The molecule has 1 atom stereocenters. The highest BCUT2D eigenvalue weighted by molar-refractivity contribution is 7.12. The maximum atomic E-state index is 13.8. The van der Waals surface area contributed by atoms with Crippen molar-refractivity contribution < 1.29 is 14.4 Å². The maximum absolute atomic E-state index is 13.8. The Morgan fingerprint density at radius 2 is 1.86 bits per heavy atom. The maximum Gasteiger partial charge on any atom is 0.321 e. The van der Waals surface area contributed by atoms with Crippen molar-refractivity contribution in [1.29, 1.82) is 0 Å². The number of rotatable bonds is 6. The summed E-state index contributed by atoms with van der Waals surface area (Å²) in [5, 5.41) is 7.90. The molecule has 4 rings (SSSR count). The Hall–Kier alpha value is -4.05. The number of nitrogens with one attached hydrogen (secondary N) is 2. The van der Waals surface area contributed by atoms with Crippen LogP contribution in [0, 0.1) is 5.41 Å². The zero-order chi connectivity index (χ0) is 26.7. The Bertz CT molecular complexity index is 1340. The molecule has 0 aliphatic carbocycles. The lowest BCUT2D eigenvalue weighted by Crippen LogP contribution is -2.50. The number of benzodiazepines with no additional fused rings is 1. The molecule has 3 amide bonds. The summed E-state index contributed by atoms with van der Waals surface area (Å²) in [5.41, 5.74) is 2.51. The summed E-state index contributed by atoms with van der Waals surface area (Å²) in [6, 6.07) is 14.0. The molecule has 192 valence electrons. The quantitative estimate of drug-likeness (QED) is 0.510. The average Bonchev–Trinajstić information content (AvgIpc) is 3.35. The van der Waals surface area contributed by atoms with Crippen LogP contribution in [0.5, 0.6) is 0 Å². The van der Waals surface area contributed by atoms with E-state index >= 15 is 0 Å². The first-order chi connectivity index (χ1) is 17.5. The van der Waals surface area contributed by atoms with Crippen molar-refractivity contribution in [3.05, 3.63) is 70.7 Å². The molecule has 2 heterocycles. The zero-order valence-corrected chi connectivity index (χ0v) is 22.3. The summed E-state index contributed by atoms with van der Waals surface area (Å²) in [6.45, 7) is 5.29. The SMILES string of the molecule is CN(C)c1cccc(NC(=O)N[C@@H]2N=C(c3nccs3)c3ccccc3N(CC(=O)C(C)(C)C)C2=O)c1. The minimum absolute atomic E-state index is 0.114. The summed E-state index contributed by atoms with van der Waals surface area (Å²) in [5.74, 6) is -0.620. The van der Waals surface area contributed by atoms with E-state index in [2.05, 4.69) is 20.6 Å². The molecular weight excluding hydrogens is 488 g/mol. The number of fused-ring (bicyclic) bond motifs is 1. The topological polar surface area (TPSA) is 107 Å². The summed E-state index contributed by atoms with van der Waals surface area (Å²) in [4.78, 5) is 52.3. The lowest BCUT2D eigenvalue weighted by Gasteiger charge is -2.28. The molecule has 0 radical (unpaired) electrons. The number of anilines is 3. The Balaban J connectivity index is 1.71. The number of para-hydroxylation sites is 1. The molecule has 1 aliphatic rings. The van der Waals surface area contributed by atoms with Crippen LogP contribution in [0.15, 0.2) is 65.1 Å². The van der Waals surface area contributed by atoms with Crippen molar-refractivity contribution in [2.24, 2.45) is 10.4 Å². The first-order valence-corrected chi connectivity index (χ1v) is 12.7. The van der Waals surface area contributed by atoms with Gasteiger partial charge in [-0.05, 0) is 24.3 Å². The van der Waals surface area contributed by atoms with E-state index in [9.17, 15) is 14.4 Å². The van der Waals surface area contributed by atoms with Gasteiger partial charge >= 0.3 is 6.03 Å². The van der Waals surface area contributed by atoms with Gasteiger partial charge in [0.1, 0.15) is 10.7 Å². The van der Waals surface area contributed by atoms with E-state index in [-0.39, 0.29) is 12.3 Å². The monoisotopic (exact) mass is 518 g/mol. The van der Waals surface area contributed by atoms with Gasteiger partial charge in [0.2, 0.25) is 6.17 Å². The molecule has 0 bridgehead atoms. The van der Waals surface area contributed by atoms with Gasteiger partial charge in [-0.1, -0.05) is 45.0 Å². The zero-order valence-electron chi connectivity index (χ0n) is 21.5. The van der Waals surface area contributed by atoms with Crippen molar-refractivity contribution in [3.63, 3.8) is 0 Å². The highest BCUT2D eigenvalue weighted by atomic mass is 32.1. The number of amides is 3. The molecule has 2 N–H and O–H groups in total. The van der Waals surface area contributed by atoms with Gasteiger partial charge < -0.3 is 20.4 Å². The lowest BCUT2D eigenvalue weighted by atomic mass is 9.90. The van der Waals surface area contributed by atoms with Crippen LogP contribution < -0.4 is 20.4 Å². The van der Waals surface area contributed by atoms with Crippen molar-refractivity contribution in [1.82, 2.24) is 10.3 Å². The predicted octanol–water partition coefficient (Wildman–Crippen LogP) is 4.16. The summed E-state index contributed by atoms with van der Waals surface area (Å²) in [6.07, 6.45) is 0.391. The largest absolute Gasteiger partial charge is 0.378 e. The van der Waals surface area contributed by atoms with Gasteiger partial charge in [0.15, 0.2) is 5.78 Å². The van der Waals surface area contributed by atoms with E-state index in [4.69, 9.17) is 0 Å². The Labute approximate surface area is 220 Å². The van der Waals surface area contributed by atoms with Gasteiger partial charge in [-0.25, -0.2) is 14.8 Å². The number of thiazole rings is 1. The van der Waals surface area contributed by atoms with Gasteiger partial charge in [0, 0.05) is 48.0 Å². The molecule has 37 heavy (non-hydrogen) atoms. The first kappa shape index (κ1) is 26.0.